The Balaban J connectivity index is 2.09. The van der Waals surface area contributed by atoms with Crippen LogP contribution in [0.25, 0.3) is 21.8 Å². The van der Waals surface area contributed by atoms with Gasteiger partial charge in [0.15, 0.2) is 0 Å². The Kier molecular flexibility index (Phi) is 4.85. The van der Waals surface area contributed by atoms with E-state index in [1.807, 2.05) is 24.3 Å². The number of halogens is 1. The first-order chi connectivity index (χ1) is 13.5. The summed E-state index contributed by atoms with van der Waals surface area (Å²) in [6, 6.07) is 17.6. The fraction of sp³-hybridized carbons (Fsp3) is 0.174. The maximum absolute atomic E-state index is 12.4. The van der Waals surface area contributed by atoms with Gasteiger partial charge in [0.25, 0.3) is 0 Å². The molecule has 1 aromatic heterocycles. The Labute approximate surface area is 171 Å². The lowest BCUT2D eigenvalue weighted by atomic mass is 10.0. The summed E-state index contributed by atoms with van der Waals surface area (Å²) in [5, 5.41) is 12.2. The summed E-state index contributed by atoms with van der Waals surface area (Å²) in [6.45, 7) is 2.68. The van der Waals surface area contributed by atoms with Crippen molar-refractivity contribution in [1.29, 1.82) is 0 Å². The number of phenols is 1. The van der Waals surface area contributed by atoms with E-state index in [0.29, 0.717) is 17.5 Å². The minimum atomic E-state index is -0.411. The van der Waals surface area contributed by atoms with Crippen molar-refractivity contribution in [1.82, 2.24) is 4.57 Å². The van der Waals surface area contributed by atoms with Crippen LogP contribution in [0.4, 0.5) is 0 Å². The number of ether oxygens (including phenoxy) is 1. The summed E-state index contributed by atoms with van der Waals surface area (Å²) >= 11 is 3.53. The van der Waals surface area contributed by atoms with E-state index < -0.39 is 5.97 Å². The number of fused-ring (bicyclic) bond motifs is 3. The van der Waals surface area contributed by atoms with Crippen molar-refractivity contribution in [2.45, 2.75) is 19.9 Å². The predicted molar refractivity (Wildman–Crippen MR) is 115 cm³/mol. The second-order valence-corrected chi connectivity index (χ2v) is 7.69. The quantitative estimate of drug-likeness (QED) is 0.419. The fourth-order valence-electron chi connectivity index (χ4n) is 3.77. The van der Waals surface area contributed by atoms with Crippen molar-refractivity contribution in [2.75, 3.05) is 7.11 Å². The average molecular weight is 438 g/mol. The highest BCUT2D eigenvalue weighted by Crippen LogP contribution is 2.39. The molecule has 1 N–H and O–H groups in total. The van der Waals surface area contributed by atoms with Crippen LogP contribution in [-0.4, -0.2) is 22.8 Å². The van der Waals surface area contributed by atoms with Gasteiger partial charge in [-0.1, -0.05) is 41.1 Å². The molecule has 0 aliphatic rings. The molecule has 0 saturated carbocycles. The molecule has 3 aromatic carbocycles. The first kappa shape index (κ1) is 18.6. The zero-order valence-electron chi connectivity index (χ0n) is 15.7. The minimum Gasteiger partial charge on any atom is -0.507 e. The summed E-state index contributed by atoms with van der Waals surface area (Å²) in [7, 11) is 1.37. The monoisotopic (exact) mass is 437 g/mol. The number of carbonyl (C=O) groups excluding carboxylic acids is 1. The van der Waals surface area contributed by atoms with Gasteiger partial charge in [0.1, 0.15) is 5.75 Å². The highest BCUT2D eigenvalue weighted by Gasteiger charge is 2.21. The number of esters is 1. The minimum absolute atomic E-state index is 0.184. The van der Waals surface area contributed by atoms with E-state index in [1.54, 1.807) is 12.1 Å². The second kappa shape index (κ2) is 7.32. The van der Waals surface area contributed by atoms with Crippen LogP contribution < -0.4 is 0 Å². The lowest BCUT2D eigenvalue weighted by molar-refractivity contribution is 0.0603. The Morgan fingerprint density at radius 2 is 1.82 bits per heavy atom. The van der Waals surface area contributed by atoms with E-state index in [9.17, 15) is 9.90 Å². The Bertz CT molecular complexity index is 1210. The number of hydrogen-bond donors (Lipinski definition) is 1. The molecule has 4 aromatic rings. The Morgan fingerprint density at radius 1 is 1.04 bits per heavy atom. The SMILES string of the molecule is CCc1cc(O)c2c3c(C(=O)OC)cccc3n(Cc3cccc(Br)c3)c2c1. The highest BCUT2D eigenvalue weighted by atomic mass is 79.9. The van der Waals surface area contributed by atoms with Crippen LogP contribution in [-0.2, 0) is 17.7 Å². The molecule has 1 heterocycles. The number of hydrogen-bond acceptors (Lipinski definition) is 3. The number of carbonyl (C=O) groups is 1. The van der Waals surface area contributed by atoms with E-state index in [4.69, 9.17) is 4.74 Å². The molecule has 0 unspecified atom stereocenters. The van der Waals surface area contributed by atoms with Gasteiger partial charge < -0.3 is 14.4 Å². The molecule has 0 amide bonds. The fourth-order valence-corrected chi connectivity index (χ4v) is 4.21. The Hall–Kier alpha value is -2.79. The average Bonchev–Trinajstić information content (AvgIpc) is 3.01. The maximum atomic E-state index is 12.4. The maximum Gasteiger partial charge on any atom is 0.338 e. The molecule has 28 heavy (non-hydrogen) atoms. The summed E-state index contributed by atoms with van der Waals surface area (Å²) in [5.41, 5.74) is 4.42. The van der Waals surface area contributed by atoms with Gasteiger partial charge >= 0.3 is 5.97 Å². The molecule has 0 spiro atoms. The van der Waals surface area contributed by atoms with Gasteiger partial charge in [-0.15, -0.1) is 0 Å². The lowest BCUT2D eigenvalue weighted by Crippen LogP contribution is -2.03. The molecule has 0 bridgehead atoms. The lowest BCUT2D eigenvalue weighted by Gasteiger charge is -2.09. The molecule has 0 atom stereocenters. The molecule has 0 fully saturated rings. The van der Waals surface area contributed by atoms with Crippen molar-refractivity contribution in [2.24, 2.45) is 0 Å². The van der Waals surface area contributed by atoms with E-state index >= 15 is 0 Å². The van der Waals surface area contributed by atoms with Crippen molar-refractivity contribution in [3.05, 3.63) is 75.8 Å². The first-order valence-corrected chi connectivity index (χ1v) is 9.92. The topological polar surface area (TPSA) is 51.5 Å². The summed E-state index contributed by atoms with van der Waals surface area (Å²) in [5.74, 6) is -0.227. The van der Waals surface area contributed by atoms with Crippen molar-refractivity contribution < 1.29 is 14.6 Å². The number of aromatic hydroxyl groups is 1. The van der Waals surface area contributed by atoms with Crippen LogP contribution in [0.1, 0.15) is 28.4 Å². The largest absolute Gasteiger partial charge is 0.507 e. The van der Waals surface area contributed by atoms with E-state index in [-0.39, 0.29) is 5.75 Å². The number of nitrogens with zero attached hydrogens (tertiary/aromatic N) is 1. The third-order valence-electron chi connectivity index (χ3n) is 5.07. The van der Waals surface area contributed by atoms with Gasteiger partial charge in [-0.25, -0.2) is 4.79 Å². The predicted octanol–water partition coefficient (Wildman–Crippen LogP) is 5.66. The zero-order valence-corrected chi connectivity index (χ0v) is 17.3. The summed E-state index contributed by atoms with van der Waals surface area (Å²) in [6.07, 6.45) is 0.811. The van der Waals surface area contributed by atoms with Crippen molar-refractivity contribution in [3.8, 4) is 5.75 Å². The molecular formula is C23H20BrNO3. The van der Waals surface area contributed by atoms with E-state index in [0.717, 1.165) is 38.4 Å². The number of methoxy groups -OCH3 is 1. The van der Waals surface area contributed by atoms with Crippen LogP contribution in [0.2, 0.25) is 0 Å². The molecule has 0 aliphatic heterocycles. The van der Waals surface area contributed by atoms with Crippen LogP contribution in [0.5, 0.6) is 5.75 Å². The van der Waals surface area contributed by atoms with Gasteiger partial charge in [0.05, 0.1) is 29.1 Å². The van der Waals surface area contributed by atoms with Crippen LogP contribution in [0.15, 0.2) is 59.1 Å². The first-order valence-electron chi connectivity index (χ1n) is 9.13. The summed E-state index contributed by atoms with van der Waals surface area (Å²) in [4.78, 5) is 12.4. The smallest absolute Gasteiger partial charge is 0.338 e. The van der Waals surface area contributed by atoms with Crippen LogP contribution in [0.3, 0.4) is 0 Å². The Morgan fingerprint density at radius 3 is 2.54 bits per heavy atom. The highest BCUT2D eigenvalue weighted by molar-refractivity contribution is 9.10. The number of rotatable bonds is 4. The number of aromatic nitrogens is 1. The van der Waals surface area contributed by atoms with Crippen molar-refractivity contribution >= 4 is 43.7 Å². The molecular weight excluding hydrogens is 418 g/mol. The number of phenolic OH excluding ortho intramolecular Hbond substituents is 1. The molecule has 0 radical (unpaired) electrons. The number of aryl methyl sites for hydroxylation is 1. The standard InChI is InChI=1S/C23H20BrNO3/c1-3-14-11-19-22(20(26)12-14)21-17(23(27)28-2)8-5-9-18(21)25(19)13-15-6-4-7-16(24)10-15/h4-12,26H,3,13H2,1-2H3. The third kappa shape index (κ3) is 3.06. The van der Waals surface area contributed by atoms with Crippen LogP contribution >= 0.6 is 15.9 Å². The van der Waals surface area contributed by atoms with Gasteiger partial charge in [-0.2, -0.15) is 0 Å². The van der Waals surface area contributed by atoms with Crippen LogP contribution in [0, 0.1) is 0 Å². The van der Waals surface area contributed by atoms with E-state index in [2.05, 4.69) is 45.6 Å². The van der Waals surface area contributed by atoms with Gasteiger partial charge in [-0.3, -0.25) is 0 Å². The molecule has 142 valence electrons. The molecule has 0 aliphatic carbocycles. The summed E-state index contributed by atoms with van der Waals surface area (Å²) < 4.78 is 8.15. The molecule has 0 saturated heterocycles. The van der Waals surface area contributed by atoms with Gasteiger partial charge in [-0.05, 0) is 53.9 Å². The van der Waals surface area contributed by atoms with Gasteiger partial charge in [0, 0.05) is 16.4 Å². The zero-order chi connectivity index (χ0) is 19.8. The van der Waals surface area contributed by atoms with E-state index in [1.165, 1.54) is 7.11 Å². The normalized spacial score (nSPS) is 11.2. The number of benzene rings is 3. The molecule has 5 heteroatoms. The molecule has 4 nitrogen and oxygen atoms in total. The van der Waals surface area contributed by atoms with Crippen molar-refractivity contribution in [3.63, 3.8) is 0 Å². The second-order valence-electron chi connectivity index (χ2n) is 6.77. The van der Waals surface area contributed by atoms with Gasteiger partial charge in [0.2, 0.25) is 0 Å². The third-order valence-corrected chi connectivity index (χ3v) is 5.57. The molecule has 4 rings (SSSR count).